The van der Waals surface area contributed by atoms with Crippen LogP contribution in [0.5, 0.6) is 11.5 Å². The second-order valence-corrected chi connectivity index (χ2v) is 8.02. The highest BCUT2D eigenvalue weighted by atomic mass is 32.2. The minimum absolute atomic E-state index is 0.558. The minimum Gasteiger partial charge on any atom is -0.497 e. The van der Waals surface area contributed by atoms with Crippen molar-refractivity contribution in [1.82, 2.24) is 10.2 Å². The van der Waals surface area contributed by atoms with Gasteiger partial charge in [-0.25, -0.2) is 0 Å². The molecule has 5 nitrogen and oxygen atoms in total. The quantitative estimate of drug-likeness (QED) is 0.724. The van der Waals surface area contributed by atoms with Gasteiger partial charge in [0.1, 0.15) is 11.5 Å². The fourth-order valence-corrected chi connectivity index (χ4v) is 4.69. The molecule has 1 fully saturated rings. The summed E-state index contributed by atoms with van der Waals surface area (Å²) in [6.07, 6.45) is 6.46. The van der Waals surface area contributed by atoms with Gasteiger partial charge >= 0.3 is 0 Å². The molecule has 0 unspecified atom stereocenters. The molecule has 1 N–H and O–H groups in total. The lowest BCUT2D eigenvalue weighted by atomic mass is 9.96. The summed E-state index contributed by atoms with van der Waals surface area (Å²) < 4.78 is 11.7. The molecule has 130 valence electrons. The number of thioether (sulfide) groups is 1. The smallest absolute Gasteiger partial charge is 0.206 e. The van der Waals surface area contributed by atoms with Gasteiger partial charge in [0.25, 0.3) is 0 Å². The van der Waals surface area contributed by atoms with Gasteiger partial charge in [-0.15, -0.1) is 10.2 Å². The lowest BCUT2D eigenvalue weighted by Crippen LogP contribution is -2.21. The van der Waals surface area contributed by atoms with Gasteiger partial charge < -0.3 is 14.8 Å². The van der Waals surface area contributed by atoms with Crippen LogP contribution in [0.3, 0.4) is 0 Å². The van der Waals surface area contributed by atoms with Crippen molar-refractivity contribution in [2.75, 3.05) is 19.5 Å². The number of hydrogen-bond acceptors (Lipinski definition) is 7. The van der Waals surface area contributed by atoms with Crippen LogP contribution in [0.1, 0.15) is 37.7 Å². The zero-order valence-electron chi connectivity index (χ0n) is 14.1. The highest BCUT2D eigenvalue weighted by molar-refractivity contribution is 8.00. The third-order valence-electron chi connectivity index (χ3n) is 4.18. The summed E-state index contributed by atoms with van der Waals surface area (Å²) in [4.78, 5) is 0. The van der Waals surface area contributed by atoms with E-state index in [2.05, 4.69) is 15.5 Å². The van der Waals surface area contributed by atoms with Crippen LogP contribution in [0.15, 0.2) is 22.5 Å². The second-order valence-electron chi connectivity index (χ2n) is 5.82. The van der Waals surface area contributed by atoms with Gasteiger partial charge in [0.05, 0.1) is 14.2 Å². The number of hydrogen-bond donors (Lipinski definition) is 1. The molecule has 0 saturated heterocycles. The van der Waals surface area contributed by atoms with E-state index in [1.54, 1.807) is 37.3 Å². The standard InChI is InChI=1S/C17H23N3O2S2/c1-21-14-8-9-15(22-2)12(10-14)11-23-17-20-19-16(24-17)18-13-6-4-3-5-7-13/h8-10,13H,3-7,11H2,1-2H3,(H,18,19). The fraction of sp³-hybridized carbons (Fsp3) is 0.529. The number of benzene rings is 1. The number of rotatable bonds is 7. The average molecular weight is 366 g/mol. The maximum Gasteiger partial charge on any atom is 0.206 e. The molecular formula is C17H23N3O2S2. The molecule has 1 aliphatic carbocycles. The molecule has 2 aromatic rings. The third kappa shape index (κ3) is 4.54. The molecule has 7 heteroatoms. The first-order valence-corrected chi connectivity index (χ1v) is 10.0. The molecule has 0 radical (unpaired) electrons. The lowest BCUT2D eigenvalue weighted by Gasteiger charge is -2.21. The summed E-state index contributed by atoms with van der Waals surface area (Å²) in [6.45, 7) is 0. The Morgan fingerprint density at radius 1 is 1.17 bits per heavy atom. The normalized spacial score (nSPS) is 15.2. The van der Waals surface area contributed by atoms with Crippen LogP contribution in [0, 0.1) is 0 Å². The summed E-state index contributed by atoms with van der Waals surface area (Å²) in [5, 5.41) is 13.0. The van der Waals surface area contributed by atoms with E-state index in [-0.39, 0.29) is 0 Å². The first-order valence-electron chi connectivity index (χ1n) is 8.22. The van der Waals surface area contributed by atoms with Crippen LogP contribution in [0.2, 0.25) is 0 Å². The largest absolute Gasteiger partial charge is 0.497 e. The highest BCUT2D eigenvalue weighted by Crippen LogP contribution is 2.33. The first-order chi connectivity index (χ1) is 11.8. The van der Waals surface area contributed by atoms with E-state index in [1.807, 2.05) is 18.2 Å². The van der Waals surface area contributed by atoms with Crippen LogP contribution in [0.4, 0.5) is 5.13 Å². The summed E-state index contributed by atoms with van der Waals surface area (Å²) in [5.74, 6) is 2.48. The number of anilines is 1. The molecule has 1 aromatic carbocycles. The molecule has 0 spiro atoms. The molecule has 1 heterocycles. The summed E-state index contributed by atoms with van der Waals surface area (Å²) in [5.41, 5.74) is 1.10. The molecule has 0 bridgehead atoms. The van der Waals surface area contributed by atoms with Crippen molar-refractivity contribution < 1.29 is 9.47 Å². The zero-order chi connectivity index (χ0) is 16.8. The van der Waals surface area contributed by atoms with Gasteiger partial charge in [-0.1, -0.05) is 42.4 Å². The lowest BCUT2D eigenvalue weighted by molar-refractivity contribution is 0.400. The predicted molar refractivity (Wildman–Crippen MR) is 99.5 cm³/mol. The maximum atomic E-state index is 5.43. The van der Waals surface area contributed by atoms with Crippen molar-refractivity contribution in [3.63, 3.8) is 0 Å². The summed E-state index contributed by atoms with van der Waals surface area (Å²) >= 11 is 3.30. The fourth-order valence-electron chi connectivity index (χ4n) is 2.88. The Bertz CT molecular complexity index is 657. The molecule has 1 saturated carbocycles. The highest BCUT2D eigenvalue weighted by Gasteiger charge is 2.15. The van der Waals surface area contributed by atoms with Crippen molar-refractivity contribution in [2.45, 2.75) is 48.2 Å². The van der Waals surface area contributed by atoms with E-state index < -0.39 is 0 Å². The van der Waals surface area contributed by atoms with Crippen molar-refractivity contribution in [1.29, 1.82) is 0 Å². The van der Waals surface area contributed by atoms with Crippen molar-refractivity contribution >= 4 is 28.2 Å². The van der Waals surface area contributed by atoms with Crippen LogP contribution in [-0.4, -0.2) is 30.5 Å². The summed E-state index contributed by atoms with van der Waals surface area (Å²) in [7, 11) is 3.36. The van der Waals surface area contributed by atoms with Crippen LogP contribution in [-0.2, 0) is 5.75 Å². The van der Waals surface area contributed by atoms with Gasteiger partial charge in [0, 0.05) is 17.4 Å². The topological polar surface area (TPSA) is 56.3 Å². The molecule has 24 heavy (non-hydrogen) atoms. The molecular weight excluding hydrogens is 342 g/mol. The average Bonchev–Trinajstić information content (AvgIpc) is 3.08. The van der Waals surface area contributed by atoms with E-state index in [1.165, 1.54) is 32.1 Å². The Balaban J connectivity index is 1.59. The number of nitrogens with one attached hydrogen (secondary N) is 1. The SMILES string of the molecule is COc1ccc(OC)c(CSc2nnc(NC3CCCCC3)s2)c1. The minimum atomic E-state index is 0.558. The van der Waals surface area contributed by atoms with Crippen LogP contribution < -0.4 is 14.8 Å². The number of ether oxygens (including phenoxy) is 2. The van der Waals surface area contributed by atoms with Crippen molar-refractivity contribution in [3.05, 3.63) is 23.8 Å². The third-order valence-corrected chi connectivity index (χ3v) is 6.21. The Labute approximate surface area is 151 Å². The molecule has 1 aliphatic rings. The maximum absolute atomic E-state index is 5.43. The van der Waals surface area contributed by atoms with E-state index in [0.29, 0.717) is 6.04 Å². The summed E-state index contributed by atoms with van der Waals surface area (Å²) in [6, 6.07) is 6.41. The van der Waals surface area contributed by atoms with Crippen molar-refractivity contribution in [3.8, 4) is 11.5 Å². The molecule has 0 amide bonds. The van der Waals surface area contributed by atoms with Crippen LogP contribution in [0.25, 0.3) is 0 Å². The molecule has 3 rings (SSSR count). The van der Waals surface area contributed by atoms with E-state index >= 15 is 0 Å². The Morgan fingerprint density at radius 2 is 2.00 bits per heavy atom. The van der Waals surface area contributed by atoms with E-state index in [4.69, 9.17) is 9.47 Å². The second kappa shape index (κ2) is 8.58. The first kappa shape index (κ1) is 17.4. The van der Waals surface area contributed by atoms with Gasteiger partial charge in [0.15, 0.2) is 4.34 Å². The Morgan fingerprint density at radius 3 is 2.75 bits per heavy atom. The molecule has 1 aromatic heterocycles. The van der Waals surface area contributed by atoms with Crippen molar-refractivity contribution in [2.24, 2.45) is 0 Å². The Kier molecular flexibility index (Phi) is 6.20. The number of methoxy groups -OCH3 is 2. The van der Waals surface area contributed by atoms with Gasteiger partial charge in [0.2, 0.25) is 5.13 Å². The predicted octanol–water partition coefficient (Wildman–Crippen LogP) is 4.59. The van der Waals surface area contributed by atoms with Gasteiger partial charge in [-0.2, -0.15) is 0 Å². The number of aromatic nitrogens is 2. The monoisotopic (exact) mass is 365 g/mol. The zero-order valence-corrected chi connectivity index (χ0v) is 15.7. The number of nitrogens with zero attached hydrogens (tertiary/aromatic N) is 2. The van der Waals surface area contributed by atoms with E-state index in [9.17, 15) is 0 Å². The van der Waals surface area contributed by atoms with E-state index in [0.717, 1.165) is 32.3 Å². The van der Waals surface area contributed by atoms with Gasteiger partial charge in [-0.3, -0.25) is 0 Å². The van der Waals surface area contributed by atoms with Crippen LogP contribution >= 0.6 is 23.1 Å². The molecule has 0 atom stereocenters. The Hall–Kier alpha value is -1.47. The van der Waals surface area contributed by atoms with Gasteiger partial charge in [-0.05, 0) is 31.0 Å². The molecule has 0 aliphatic heterocycles.